The van der Waals surface area contributed by atoms with E-state index in [0.717, 1.165) is 18.7 Å². The van der Waals surface area contributed by atoms with Crippen LogP contribution in [0.25, 0.3) is 0 Å². The lowest BCUT2D eigenvalue weighted by Crippen LogP contribution is -2.49. The maximum absolute atomic E-state index is 14.1. The van der Waals surface area contributed by atoms with Crippen molar-refractivity contribution in [3.05, 3.63) is 46.9 Å². The second kappa shape index (κ2) is 7.07. The van der Waals surface area contributed by atoms with E-state index in [0.29, 0.717) is 42.8 Å². The minimum Gasteiger partial charge on any atom is -0.410 e. The van der Waals surface area contributed by atoms with Crippen molar-refractivity contribution >= 4 is 23.5 Å². The summed E-state index contributed by atoms with van der Waals surface area (Å²) in [6, 6.07) is 8.16. The molecule has 8 heteroatoms. The lowest BCUT2D eigenvalue weighted by Gasteiger charge is -2.34. The molecule has 1 aromatic carbocycles. The largest absolute Gasteiger partial charge is 0.415 e. The number of amides is 1. The normalized spacial score (nSPS) is 17.3. The minimum atomic E-state index is -0.467. The van der Waals surface area contributed by atoms with Gasteiger partial charge < -0.3 is 14.5 Å². The second-order valence-electron chi connectivity index (χ2n) is 6.51. The summed E-state index contributed by atoms with van der Waals surface area (Å²) < 4.78 is 19.4. The van der Waals surface area contributed by atoms with Gasteiger partial charge in [-0.05, 0) is 42.5 Å². The zero-order valence-corrected chi connectivity index (χ0v) is 14.8. The van der Waals surface area contributed by atoms with Gasteiger partial charge in [-0.1, -0.05) is 17.7 Å². The van der Waals surface area contributed by atoms with Crippen molar-refractivity contribution in [1.82, 2.24) is 15.1 Å². The first kappa shape index (κ1) is 17.0. The molecule has 1 amide bonds. The van der Waals surface area contributed by atoms with Crippen molar-refractivity contribution < 1.29 is 13.9 Å². The molecule has 2 aliphatic rings. The Labute approximate surface area is 155 Å². The summed E-state index contributed by atoms with van der Waals surface area (Å²) in [5, 5.41) is 8.22. The fourth-order valence-electron chi connectivity index (χ4n) is 3.06. The second-order valence-corrected chi connectivity index (χ2v) is 6.90. The molecule has 0 bridgehead atoms. The number of halogens is 2. The molecule has 0 atom stereocenters. The molecule has 136 valence electrons. The fraction of sp³-hybridized carbons (Fsp3) is 0.389. The molecule has 26 heavy (non-hydrogen) atoms. The molecule has 1 saturated heterocycles. The van der Waals surface area contributed by atoms with Crippen LogP contribution in [-0.4, -0.2) is 47.4 Å². The van der Waals surface area contributed by atoms with Crippen LogP contribution in [0.4, 0.5) is 15.0 Å². The molecule has 2 fully saturated rings. The number of hydrogen-bond acceptors (Lipinski definition) is 5. The van der Waals surface area contributed by atoms with Crippen LogP contribution in [0.2, 0.25) is 5.15 Å². The molecule has 2 heterocycles. The van der Waals surface area contributed by atoms with E-state index in [2.05, 4.69) is 10.2 Å². The zero-order valence-electron chi connectivity index (χ0n) is 14.1. The first-order valence-corrected chi connectivity index (χ1v) is 8.98. The van der Waals surface area contributed by atoms with Crippen molar-refractivity contribution in [2.45, 2.75) is 18.8 Å². The van der Waals surface area contributed by atoms with Crippen LogP contribution in [0.5, 0.6) is 5.75 Å². The topological polar surface area (TPSA) is 58.6 Å². The first-order valence-electron chi connectivity index (χ1n) is 8.60. The SMILES string of the molecule is O=C(Oc1ccc(C2CC2)c(F)c1)N1CCN(c2ccc(Cl)nn2)CC1. The van der Waals surface area contributed by atoms with Crippen molar-refractivity contribution in [3.63, 3.8) is 0 Å². The van der Waals surface area contributed by atoms with E-state index in [9.17, 15) is 9.18 Å². The quantitative estimate of drug-likeness (QED) is 0.821. The fourth-order valence-corrected chi connectivity index (χ4v) is 3.16. The Morgan fingerprint density at radius 3 is 2.50 bits per heavy atom. The molecule has 6 nitrogen and oxygen atoms in total. The van der Waals surface area contributed by atoms with Gasteiger partial charge in [-0.3, -0.25) is 0 Å². The molecular formula is C18H18ClFN4O2. The lowest BCUT2D eigenvalue weighted by molar-refractivity contribution is 0.149. The average molecular weight is 377 g/mol. The van der Waals surface area contributed by atoms with Crippen LogP contribution in [0.3, 0.4) is 0 Å². The number of ether oxygens (including phenoxy) is 1. The molecular weight excluding hydrogens is 359 g/mol. The number of carbonyl (C=O) groups excluding carboxylic acids is 1. The van der Waals surface area contributed by atoms with Gasteiger partial charge in [0.1, 0.15) is 11.6 Å². The van der Waals surface area contributed by atoms with Gasteiger partial charge in [-0.25, -0.2) is 9.18 Å². The standard InChI is InChI=1S/C18H18ClFN4O2/c19-16-5-6-17(22-21-16)23-7-9-24(10-8-23)18(25)26-13-3-4-14(12-1-2-12)15(20)11-13/h3-6,11-12H,1-2,7-10H2. The maximum atomic E-state index is 14.1. The summed E-state index contributed by atoms with van der Waals surface area (Å²) in [5.41, 5.74) is 0.711. The van der Waals surface area contributed by atoms with Gasteiger partial charge in [0.05, 0.1) is 0 Å². The number of nitrogens with zero attached hydrogens (tertiary/aromatic N) is 4. The highest BCUT2D eigenvalue weighted by Crippen LogP contribution is 2.41. The number of anilines is 1. The van der Waals surface area contributed by atoms with E-state index >= 15 is 0 Å². The Bertz CT molecular complexity index is 805. The van der Waals surface area contributed by atoms with E-state index in [1.165, 1.54) is 6.07 Å². The molecule has 0 unspecified atom stereocenters. The molecule has 1 aromatic heterocycles. The molecule has 0 N–H and O–H groups in total. The van der Waals surface area contributed by atoms with Crippen molar-refractivity contribution in [1.29, 1.82) is 0 Å². The third-order valence-electron chi connectivity index (χ3n) is 4.67. The summed E-state index contributed by atoms with van der Waals surface area (Å²) in [5.74, 6) is 0.982. The Hall–Kier alpha value is -2.41. The van der Waals surface area contributed by atoms with Crippen LogP contribution in [-0.2, 0) is 0 Å². The zero-order chi connectivity index (χ0) is 18.1. The number of rotatable bonds is 3. The van der Waals surface area contributed by atoms with E-state index < -0.39 is 6.09 Å². The Morgan fingerprint density at radius 1 is 1.12 bits per heavy atom. The van der Waals surface area contributed by atoms with Crippen LogP contribution in [0, 0.1) is 5.82 Å². The number of carbonyl (C=O) groups is 1. The first-order chi connectivity index (χ1) is 12.6. The molecule has 2 aromatic rings. The molecule has 1 aliphatic heterocycles. The molecule has 0 spiro atoms. The highest BCUT2D eigenvalue weighted by atomic mass is 35.5. The summed E-state index contributed by atoms with van der Waals surface area (Å²) in [4.78, 5) is 15.9. The minimum absolute atomic E-state index is 0.239. The third kappa shape index (κ3) is 3.72. The predicted octanol–water partition coefficient (Wildman–Crippen LogP) is 3.47. The van der Waals surface area contributed by atoms with E-state index in [4.69, 9.17) is 16.3 Å². The number of hydrogen-bond donors (Lipinski definition) is 0. The van der Waals surface area contributed by atoms with Crippen LogP contribution >= 0.6 is 11.6 Å². The lowest BCUT2D eigenvalue weighted by atomic mass is 10.1. The molecule has 4 rings (SSSR count). The monoisotopic (exact) mass is 376 g/mol. The van der Waals surface area contributed by atoms with E-state index in [-0.39, 0.29) is 11.6 Å². The van der Waals surface area contributed by atoms with Crippen molar-refractivity contribution in [2.75, 3.05) is 31.1 Å². The number of piperazine rings is 1. The smallest absolute Gasteiger partial charge is 0.410 e. The van der Waals surface area contributed by atoms with Gasteiger partial charge in [-0.2, -0.15) is 0 Å². The summed E-state index contributed by atoms with van der Waals surface area (Å²) in [6.07, 6.45) is 1.59. The summed E-state index contributed by atoms with van der Waals surface area (Å²) in [7, 11) is 0. The Kier molecular flexibility index (Phi) is 4.63. The number of aromatic nitrogens is 2. The van der Waals surface area contributed by atoms with E-state index in [1.54, 1.807) is 29.2 Å². The number of benzene rings is 1. The molecule has 0 radical (unpaired) electrons. The predicted molar refractivity (Wildman–Crippen MR) is 95.2 cm³/mol. The molecule has 1 aliphatic carbocycles. The highest BCUT2D eigenvalue weighted by Gasteiger charge is 2.27. The van der Waals surface area contributed by atoms with Gasteiger partial charge >= 0.3 is 6.09 Å². The van der Waals surface area contributed by atoms with Crippen molar-refractivity contribution in [2.24, 2.45) is 0 Å². The molecule has 1 saturated carbocycles. The van der Waals surface area contributed by atoms with Crippen LogP contribution in [0.15, 0.2) is 30.3 Å². The Morgan fingerprint density at radius 2 is 1.88 bits per heavy atom. The highest BCUT2D eigenvalue weighted by molar-refractivity contribution is 6.29. The van der Waals surface area contributed by atoms with Gasteiger partial charge in [-0.15, -0.1) is 10.2 Å². The third-order valence-corrected chi connectivity index (χ3v) is 4.88. The van der Waals surface area contributed by atoms with Crippen LogP contribution < -0.4 is 9.64 Å². The summed E-state index contributed by atoms with van der Waals surface area (Å²) >= 11 is 5.75. The summed E-state index contributed by atoms with van der Waals surface area (Å²) in [6.45, 7) is 2.21. The van der Waals surface area contributed by atoms with Gasteiger partial charge in [0.2, 0.25) is 0 Å². The van der Waals surface area contributed by atoms with Crippen LogP contribution in [0.1, 0.15) is 24.3 Å². The average Bonchev–Trinajstić information content (AvgIpc) is 3.48. The van der Waals surface area contributed by atoms with Gasteiger partial charge in [0.15, 0.2) is 11.0 Å². The Balaban J connectivity index is 1.33. The van der Waals surface area contributed by atoms with Crippen molar-refractivity contribution in [3.8, 4) is 5.75 Å². The van der Waals surface area contributed by atoms with E-state index in [1.807, 2.05) is 4.90 Å². The maximum Gasteiger partial charge on any atom is 0.415 e. The van der Waals surface area contributed by atoms with Gasteiger partial charge in [0, 0.05) is 32.2 Å². The van der Waals surface area contributed by atoms with Gasteiger partial charge in [0.25, 0.3) is 0 Å².